The minimum Gasteiger partial charge on any atom is -0.481 e. The number of carboxylic acid groups (broad SMARTS) is 1. The van der Waals surface area contributed by atoms with Gasteiger partial charge in [0.15, 0.2) is 0 Å². The zero-order chi connectivity index (χ0) is 13.3. The third-order valence-corrected chi connectivity index (χ3v) is 2.13. The van der Waals surface area contributed by atoms with Crippen LogP contribution < -0.4 is 10.6 Å². The minimum absolute atomic E-state index is 0.233. The van der Waals surface area contributed by atoms with Crippen LogP contribution in [0.1, 0.15) is 6.42 Å². The van der Waals surface area contributed by atoms with Gasteiger partial charge in [0.1, 0.15) is 0 Å². The van der Waals surface area contributed by atoms with Gasteiger partial charge in [0, 0.05) is 22.5 Å². The van der Waals surface area contributed by atoms with Crippen LogP contribution in [0, 0.1) is 0 Å². The molecular weight excluding hydrogens is 248 g/mol. The first-order chi connectivity index (χ1) is 7.95. The van der Waals surface area contributed by atoms with Gasteiger partial charge >= 0.3 is 5.97 Å². The summed E-state index contributed by atoms with van der Waals surface area (Å²) in [6, 6.07) is -0.752. The molecule has 7 nitrogen and oxygen atoms in total. The van der Waals surface area contributed by atoms with E-state index in [9.17, 15) is 18.6 Å². The van der Waals surface area contributed by atoms with Crippen LogP contribution >= 0.6 is 0 Å². The molecule has 2 amide bonds. The number of hydrogen-bond acceptors (Lipinski definition) is 4. The van der Waals surface area contributed by atoms with Crippen LogP contribution in [0.3, 0.4) is 0 Å². The highest BCUT2D eigenvalue weighted by atomic mass is 32.2. The fourth-order valence-corrected chi connectivity index (χ4v) is 1.36. The lowest BCUT2D eigenvalue weighted by Gasteiger charge is -2.12. The molecule has 0 saturated heterocycles. The maximum atomic E-state index is 11.2. The predicted octanol–water partition coefficient (Wildman–Crippen LogP) is -1.42. The van der Waals surface area contributed by atoms with E-state index in [-0.39, 0.29) is 13.0 Å². The average Bonchev–Trinajstić information content (AvgIpc) is 2.22. The first-order valence-corrected chi connectivity index (χ1v) is 6.26. The minimum atomic E-state index is -1.22. The topological polar surface area (TPSA) is 113 Å². The van der Waals surface area contributed by atoms with Gasteiger partial charge in [0.2, 0.25) is 12.3 Å². The number of aliphatic carboxylic acids is 1. The Balaban J connectivity index is 4.36. The lowest BCUT2D eigenvalue weighted by molar-refractivity contribution is -0.137. The van der Waals surface area contributed by atoms with Crippen molar-refractivity contribution in [2.75, 3.05) is 12.8 Å². The molecule has 0 radical (unpaired) electrons. The highest BCUT2D eigenvalue weighted by Gasteiger charge is 2.12. The third kappa shape index (κ3) is 9.24. The summed E-state index contributed by atoms with van der Waals surface area (Å²) in [4.78, 5) is 31.7. The number of rotatable bonds is 8. The lowest BCUT2D eigenvalue weighted by atomic mass is 10.2. The van der Waals surface area contributed by atoms with Crippen molar-refractivity contribution >= 4 is 29.1 Å². The molecule has 2 atom stereocenters. The Morgan fingerprint density at radius 2 is 2.12 bits per heavy atom. The quantitative estimate of drug-likeness (QED) is 0.465. The highest BCUT2D eigenvalue weighted by Crippen LogP contribution is 1.96. The second-order valence-corrected chi connectivity index (χ2v) is 4.37. The molecule has 0 rings (SSSR count). The predicted molar refractivity (Wildman–Crippen MR) is 61.5 cm³/mol. The van der Waals surface area contributed by atoms with Crippen LogP contribution in [-0.2, 0) is 25.2 Å². The zero-order valence-corrected chi connectivity index (χ0v) is 10.0. The molecular formula is C9H14N2O5S. The Morgan fingerprint density at radius 3 is 2.59 bits per heavy atom. The van der Waals surface area contributed by atoms with Gasteiger partial charge in [-0.1, -0.05) is 6.08 Å². The highest BCUT2D eigenvalue weighted by molar-refractivity contribution is 7.87. The largest absolute Gasteiger partial charge is 0.481 e. The molecule has 2 unspecified atom stereocenters. The number of hydrogen-bond donors (Lipinski definition) is 3. The molecule has 0 aliphatic carbocycles. The smallest absolute Gasteiger partial charge is 0.305 e. The summed E-state index contributed by atoms with van der Waals surface area (Å²) in [5, 5.41) is 14.4. The SMILES string of the molecule is CS(=O)/C=C/C(CC(=O)O)NC(=O)CNC=O. The van der Waals surface area contributed by atoms with E-state index in [1.165, 1.54) is 17.7 Å². The Kier molecular flexibility index (Phi) is 7.61. The van der Waals surface area contributed by atoms with Gasteiger partial charge < -0.3 is 15.7 Å². The molecule has 0 bridgehead atoms. The van der Waals surface area contributed by atoms with E-state index in [0.717, 1.165) is 0 Å². The summed E-state index contributed by atoms with van der Waals surface area (Å²) >= 11 is 0. The molecule has 0 fully saturated rings. The lowest BCUT2D eigenvalue weighted by Crippen LogP contribution is -2.40. The molecule has 3 N–H and O–H groups in total. The van der Waals surface area contributed by atoms with Gasteiger partial charge in [-0.25, -0.2) is 0 Å². The summed E-state index contributed by atoms with van der Waals surface area (Å²) in [7, 11) is -1.22. The monoisotopic (exact) mass is 262 g/mol. The van der Waals surface area contributed by atoms with Crippen molar-refractivity contribution in [1.82, 2.24) is 10.6 Å². The number of nitrogens with one attached hydrogen (secondary N) is 2. The third-order valence-electron chi connectivity index (χ3n) is 1.59. The molecule has 96 valence electrons. The van der Waals surface area contributed by atoms with E-state index in [1.54, 1.807) is 0 Å². The summed E-state index contributed by atoms with van der Waals surface area (Å²) in [5.74, 6) is -1.61. The molecule has 0 heterocycles. The maximum absolute atomic E-state index is 11.2. The van der Waals surface area contributed by atoms with Gasteiger partial charge in [-0.05, 0) is 0 Å². The van der Waals surface area contributed by atoms with Gasteiger partial charge in [-0.3, -0.25) is 18.6 Å². The molecule has 0 aliphatic heterocycles. The molecule has 0 spiro atoms. The molecule has 0 saturated carbocycles. The van der Waals surface area contributed by atoms with Crippen LogP contribution in [0.5, 0.6) is 0 Å². The van der Waals surface area contributed by atoms with E-state index in [4.69, 9.17) is 5.11 Å². The fraction of sp³-hybridized carbons (Fsp3) is 0.444. The van der Waals surface area contributed by atoms with Crippen LogP contribution in [0.15, 0.2) is 11.5 Å². The molecule has 8 heteroatoms. The molecule has 0 aromatic carbocycles. The van der Waals surface area contributed by atoms with Crippen LogP contribution in [0.25, 0.3) is 0 Å². The summed E-state index contributed by atoms with van der Waals surface area (Å²) < 4.78 is 10.8. The van der Waals surface area contributed by atoms with E-state index in [0.29, 0.717) is 6.41 Å². The molecule has 0 aromatic rings. The van der Waals surface area contributed by atoms with Gasteiger partial charge in [-0.2, -0.15) is 0 Å². The van der Waals surface area contributed by atoms with E-state index in [1.807, 2.05) is 0 Å². The number of carbonyl (C=O) groups is 3. The average molecular weight is 262 g/mol. The van der Waals surface area contributed by atoms with Crippen molar-refractivity contribution < 1.29 is 23.7 Å². The van der Waals surface area contributed by atoms with Gasteiger partial charge in [0.25, 0.3) is 0 Å². The Hall–Kier alpha value is -1.70. The normalized spacial score (nSPS) is 13.9. The van der Waals surface area contributed by atoms with Gasteiger partial charge in [-0.15, -0.1) is 0 Å². The molecule has 17 heavy (non-hydrogen) atoms. The molecule has 0 aliphatic rings. The Bertz CT molecular complexity index is 342. The van der Waals surface area contributed by atoms with Crippen molar-refractivity contribution in [3.63, 3.8) is 0 Å². The first-order valence-electron chi connectivity index (χ1n) is 4.64. The fourth-order valence-electron chi connectivity index (χ4n) is 0.953. The standard InChI is InChI=1S/C9H14N2O5S/c1-17(16)3-2-7(4-9(14)15)11-8(13)5-10-6-12/h2-3,6-7H,4-5H2,1H3,(H,10,12)(H,11,13)(H,14,15)/b3-2+. The summed E-state index contributed by atoms with van der Waals surface area (Å²) in [5.41, 5.74) is 0. The summed E-state index contributed by atoms with van der Waals surface area (Å²) in [6.45, 7) is -0.233. The van der Waals surface area contributed by atoms with E-state index in [2.05, 4.69) is 10.6 Å². The van der Waals surface area contributed by atoms with Crippen molar-refractivity contribution in [2.24, 2.45) is 0 Å². The van der Waals surface area contributed by atoms with E-state index >= 15 is 0 Å². The van der Waals surface area contributed by atoms with Crippen molar-refractivity contribution in [2.45, 2.75) is 12.5 Å². The van der Waals surface area contributed by atoms with E-state index < -0.39 is 28.7 Å². The Labute approximate surface area is 101 Å². The van der Waals surface area contributed by atoms with Crippen LogP contribution in [0.4, 0.5) is 0 Å². The number of amides is 2. The maximum Gasteiger partial charge on any atom is 0.305 e. The first kappa shape index (κ1) is 15.3. The second kappa shape index (κ2) is 8.45. The number of carboxylic acids is 1. The van der Waals surface area contributed by atoms with Crippen LogP contribution in [0.2, 0.25) is 0 Å². The van der Waals surface area contributed by atoms with Crippen LogP contribution in [-0.4, -0.2) is 46.4 Å². The Morgan fingerprint density at radius 1 is 1.47 bits per heavy atom. The van der Waals surface area contributed by atoms with Crippen molar-refractivity contribution in [1.29, 1.82) is 0 Å². The van der Waals surface area contributed by atoms with Crippen molar-refractivity contribution in [3.8, 4) is 0 Å². The number of carbonyl (C=O) groups excluding carboxylic acids is 2. The second-order valence-electron chi connectivity index (χ2n) is 3.10. The molecule has 0 aromatic heterocycles. The zero-order valence-electron chi connectivity index (χ0n) is 9.21. The van der Waals surface area contributed by atoms with Gasteiger partial charge in [0.05, 0.1) is 19.0 Å². The van der Waals surface area contributed by atoms with Crippen molar-refractivity contribution in [3.05, 3.63) is 11.5 Å². The summed E-state index contributed by atoms with van der Waals surface area (Å²) in [6.07, 6.45) is 2.82.